The Morgan fingerprint density at radius 2 is 3.00 bits per heavy atom. The molecule has 0 amide bonds. The fourth-order valence-corrected chi connectivity index (χ4v) is 0.570. The summed E-state index contributed by atoms with van der Waals surface area (Å²) in [7, 11) is 0. The van der Waals surface area contributed by atoms with E-state index in [0.717, 1.165) is 5.88 Å². The lowest BCUT2D eigenvalue weighted by molar-refractivity contribution is 1.07. The van der Waals surface area contributed by atoms with Crippen LogP contribution in [0.2, 0.25) is 0 Å². The van der Waals surface area contributed by atoms with Gasteiger partial charge in [0.1, 0.15) is 0 Å². The van der Waals surface area contributed by atoms with Crippen molar-refractivity contribution < 1.29 is 0 Å². The summed E-state index contributed by atoms with van der Waals surface area (Å²) >= 11 is 1.47. The maximum absolute atomic E-state index is 3.73. The predicted octanol–water partition coefficient (Wildman–Crippen LogP) is 0.379. The number of rotatable bonds is 0. The minimum atomic E-state index is 0.882. The minimum Gasteiger partial charge on any atom is -0.372 e. The molecule has 2 nitrogen and oxygen atoms in total. The van der Waals surface area contributed by atoms with Gasteiger partial charge in [-0.25, -0.2) is 0 Å². The van der Waals surface area contributed by atoms with Gasteiger partial charge in [0, 0.05) is 17.8 Å². The Morgan fingerprint density at radius 1 is 2.00 bits per heavy atom. The molecule has 1 N–H and O–H groups in total. The van der Waals surface area contributed by atoms with Crippen molar-refractivity contribution in [2.75, 3.05) is 5.88 Å². The van der Waals surface area contributed by atoms with Crippen LogP contribution in [0.15, 0.2) is 10.6 Å². The van der Waals surface area contributed by atoms with Crippen molar-refractivity contribution in [1.82, 2.24) is 5.32 Å². The fourth-order valence-electron chi connectivity index (χ4n) is 0.220. The first-order chi connectivity index (χ1) is 3.00. The molecule has 3 heteroatoms. The molecule has 1 rings (SSSR count). The van der Waals surface area contributed by atoms with Gasteiger partial charge in [-0.1, -0.05) is 0 Å². The molecule has 0 aromatic rings. The minimum absolute atomic E-state index is 0.882. The molecule has 0 aromatic carbocycles. The van der Waals surface area contributed by atoms with E-state index in [0.29, 0.717) is 0 Å². The number of nitrogens with zero attached hydrogens (tertiary/aromatic N) is 1. The van der Waals surface area contributed by atoms with Crippen molar-refractivity contribution in [3.05, 3.63) is 6.20 Å². The molecule has 1 heterocycles. The molecule has 32 valence electrons. The van der Waals surface area contributed by atoms with E-state index in [1.165, 1.54) is 11.9 Å². The largest absolute Gasteiger partial charge is 0.372 e. The lowest BCUT2D eigenvalue weighted by atomic mass is 11.0. The van der Waals surface area contributed by atoms with Crippen LogP contribution >= 0.6 is 11.9 Å². The van der Waals surface area contributed by atoms with Crippen LogP contribution in [-0.2, 0) is 0 Å². The summed E-state index contributed by atoms with van der Waals surface area (Å²) in [6.45, 7) is 0. The molecule has 0 atom stereocenters. The van der Waals surface area contributed by atoms with E-state index in [1.54, 1.807) is 6.20 Å². The van der Waals surface area contributed by atoms with Gasteiger partial charge in [0.05, 0.1) is 12.1 Å². The van der Waals surface area contributed by atoms with Crippen molar-refractivity contribution in [2.24, 2.45) is 4.40 Å². The van der Waals surface area contributed by atoms with Crippen LogP contribution in [0.25, 0.3) is 0 Å². The standard InChI is InChI=1S/C3H4N2S/c1-2-5-6-3-4-1/h1,4H,3H2. The van der Waals surface area contributed by atoms with E-state index < -0.39 is 0 Å². The molecule has 0 saturated carbocycles. The molecule has 6 heavy (non-hydrogen) atoms. The van der Waals surface area contributed by atoms with E-state index in [4.69, 9.17) is 0 Å². The molecule has 1 aliphatic rings. The molecule has 0 fully saturated rings. The first-order valence-electron chi connectivity index (χ1n) is 1.63. The Kier molecular flexibility index (Phi) is 1.20. The van der Waals surface area contributed by atoms with E-state index >= 15 is 0 Å². The second-order valence-electron chi connectivity index (χ2n) is 0.842. The first-order valence-corrected chi connectivity index (χ1v) is 2.57. The Labute approximate surface area is 40.5 Å². The van der Waals surface area contributed by atoms with Crippen LogP contribution in [0.1, 0.15) is 0 Å². The number of hydrogen-bond acceptors (Lipinski definition) is 3. The van der Waals surface area contributed by atoms with Crippen molar-refractivity contribution >= 4 is 17.8 Å². The normalized spacial score (nSPS) is 17.3. The van der Waals surface area contributed by atoms with Crippen LogP contribution in [0.3, 0.4) is 0 Å². The second kappa shape index (κ2) is 1.90. The van der Waals surface area contributed by atoms with Crippen LogP contribution in [0.4, 0.5) is 0 Å². The Balaban J connectivity index is 2.53. The van der Waals surface area contributed by atoms with Gasteiger partial charge in [-0.15, -0.1) is 0 Å². The first kappa shape index (κ1) is 3.78. The zero-order valence-corrected chi connectivity index (χ0v) is 3.96. The van der Waals surface area contributed by atoms with E-state index in [2.05, 4.69) is 15.6 Å². The molecular weight excluding hydrogens is 96.1 g/mol. The van der Waals surface area contributed by atoms with Crippen LogP contribution < -0.4 is 5.32 Å². The summed E-state index contributed by atoms with van der Waals surface area (Å²) in [5.74, 6) is 3.52. The summed E-state index contributed by atoms with van der Waals surface area (Å²) in [6.07, 6.45) is 1.70. The third-order valence-corrected chi connectivity index (χ3v) is 0.962. The zero-order valence-electron chi connectivity index (χ0n) is 3.14. The second-order valence-corrected chi connectivity index (χ2v) is 1.57. The van der Waals surface area contributed by atoms with Gasteiger partial charge in [-0.05, 0) is 0 Å². The van der Waals surface area contributed by atoms with E-state index in [9.17, 15) is 0 Å². The van der Waals surface area contributed by atoms with Gasteiger partial charge < -0.3 is 5.32 Å². The van der Waals surface area contributed by atoms with Gasteiger partial charge >= 0.3 is 0 Å². The highest BCUT2D eigenvalue weighted by atomic mass is 32.2. The number of hydrogen-bond donors (Lipinski definition) is 1. The summed E-state index contributed by atoms with van der Waals surface area (Å²) in [4.78, 5) is 0. The monoisotopic (exact) mass is 100 g/mol. The van der Waals surface area contributed by atoms with Crippen molar-refractivity contribution in [3.63, 3.8) is 0 Å². The summed E-state index contributed by atoms with van der Waals surface area (Å²) in [6, 6.07) is 0. The van der Waals surface area contributed by atoms with E-state index in [-0.39, 0.29) is 0 Å². The molecule has 0 radical (unpaired) electrons. The SMILES string of the molecule is C1=CNCSN=1. The smallest absolute Gasteiger partial charge is 0.0837 e. The van der Waals surface area contributed by atoms with Crippen molar-refractivity contribution in [2.45, 2.75) is 0 Å². The number of nitrogens with one attached hydrogen (secondary N) is 1. The molecule has 1 aliphatic heterocycles. The van der Waals surface area contributed by atoms with Gasteiger partial charge in [0.25, 0.3) is 0 Å². The molecule has 0 aliphatic carbocycles. The summed E-state index contributed by atoms with van der Waals surface area (Å²) in [5.41, 5.74) is 0. The maximum atomic E-state index is 3.73. The van der Waals surface area contributed by atoms with E-state index in [1.807, 2.05) is 0 Å². The van der Waals surface area contributed by atoms with Gasteiger partial charge in [-0.3, -0.25) is 0 Å². The molecule has 0 saturated heterocycles. The summed E-state index contributed by atoms with van der Waals surface area (Å²) < 4.78 is 3.73. The Bertz CT molecular complexity index is 85.0. The molecule has 0 bridgehead atoms. The highest BCUT2D eigenvalue weighted by Crippen LogP contribution is 1.96. The highest BCUT2D eigenvalue weighted by Gasteiger charge is 1.79. The van der Waals surface area contributed by atoms with Crippen molar-refractivity contribution in [1.29, 1.82) is 0 Å². The average Bonchev–Trinajstić information content (AvgIpc) is 1.72. The van der Waals surface area contributed by atoms with Crippen LogP contribution in [0, 0.1) is 0 Å². The summed E-state index contributed by atoms with van der Waals surface area (Å²) in [5, 5.41) is 2.92. The fraction of sp³-hybridized carbons (Fsp3) is 0.333. The average molecular weight is 100 g/mol. The third-order valence-electron chi connectivity index (χ3n) is 0.432. The van der Waals surface area contributed by atoms with Gasteiger partial charge in [0.2, 0.25) is 0 Å². The highest BCUT2D eigenvalue weighted by molar-refractivity contribution is 7.98. The van der Waals surface area contributed by atoms with Crippen molar-refractivity contribution in [3.8, 4) is 0 Å². The zero-order chi connectivity index (χ0) is 4.24. The van der Waals surface area contributed by atoms with Gasteiger partial charge in [-0.2, -0.15) is 4.40 Å². The predicted molar refractivity (Wildman–Crippen MR) is 27.6 cm³/mol. The lowest BCUT2D eigenvalue weighted by Gasteiger charge is -1.93. The van der Waals surface area contributed by atoms with Crippen LogP contribution in [-0.4, -0.2) is 11.7 Å². The maximum Gasteiger partial charge on any atom is 0.0837 e. The Morgan fingerprint density at radius 3 is 3.17 bits per heavy atom. The molecule has 0 unspecified atom stereocenters. The lowest BCUT2D eigenvalue weighted by Crippen LogP contribution is -2.03. The third kappa shape index (κ3) is 0.776. The topological polar surface area (TPSA) is 24.4 Å². The van der Waals surface area contributed by atoms with Crippen LogP contribution in [0.5, 0.6) is 0 Å². The quantitative estimate of drug-likeness (QED) is 0.445. The molecular formula is C3H4N2S. The molecule has 0 aromatic heterocycles. The van der Waals surface area contributed by atoms with Gasteiger partial charge in [0.15, 0.2) is 0 Å². The molecule has 0 spiro atoms. The Hall–Kier alpha value is -0.400.